The molecule has 0 amide bonds. The van der Waals surface area contributed by atoms with E-state index in [1.165, 1.54) is 16.7 Å². The smallest absolute Gasteiger partial charge is 0.0143 e. The monoisotopic (exact) mass is 244 g/mol. The van der Waals surface area contributed by atoms with Gasteiger partial charge in [0, 0.05) is 5.92 Å². The maximum absolute atomic E-state index is 2.32. The molecule has 0 heterocycles. The summed E-state index contributed by atoms with van der Waals surface area (Å²) in [6, 6.07) is 21.1. The Balaban J connectivity index is 2.06. The van der Waals surface area contributed by atoms with Crippen molar-refractivity contribution in [2.45, 2.75) is 0 Å². The van der Waals surface area contributed by atoms with Gasteiger partial charge in [0.15, 0.2) is 0 Å². The Morgan fingerprint density at radius 3 is 1.63 bits per heavy atom. The summed E-state index contributed by atoms with van der Waals surface area (Å²) in [5.41, 5.74) is 3.83. The van der Waals surface area contributed by atoms with Gasteiger partial charge in [0.25, 0.3) is 0 Å². The SMILES string of the molecule is C1=CC(C=C(c2ccccc2)c2ccccc2)C=C1. The van der Waals surface area contributed by atoms with Gasteiger partial charge in [-0.25, -0.2) is 0 Å². The van der Waals surface area contributed by atoms with Crippen molar-refractivity contribution in [2.24, 2.45) is 5.92 Å². The molecule has 3 rings (SSSR count). The van der Waals surface area contributed by atoms with Crippen LogP contribution in [0.1, 0.15) is 11.1 Å². The van der Waals surface area contributed by atoms with Gasteiger partial charge in [-0.05, 0) is 16.7 Å². The summed E-state index contributed by atoms with van der Waals surface area (Å²) in [5.74, 6) is 0.399. The minimum absolute atomic E-state index is 0.399. The fourth-order valence-electron chi connectivity index (χ4n) is 2.35. The molecule has 0 fully saturated rings. The fraction of sp³-hybridized carbons (Fsp3) is 0.0526. The zero-order valence-electron chi connectivity index (χ0n) is 10.7. The molecule has 0 radical (unpaired) electrons. The van der Waals surface area contributed by atoms with Gasteiger partial charge in [0.2, 0.25) is 0 Å². The molecule has 0 saturated heterocycles. The minimum Gasteiger partial charge on any atom is -0.0738 e. The third-order valence-electron chi connectivity index (χ3n) is 3.31. The van der Waals surface area contributed by atoms with Gasteiger partial charge in [-0.2, -0.15) is 0 Å². The summed E-state index contributed by atoms with van der Waals surface area (Å²) in [4.78, 5) is 0. The van der Waals surface area contributed by atoms with Crippen molar-refractivity contribution in [3.63, 3.8) is 0 Å². The highest BCUT2D eigenvalue weighted by Gasteiger charge is 2.07. The van der Waals surface area contributed by atoms with Crippen molar-refractivity contribution < 1.29 is 0 Å². The van der Waals surface area contributed by atoms with Gasteiger partial charge in [-0.1, -0.05) is 91.0 Å². The third kappa shape index (κ3) is 2.74. The van der Waals surface area contributed by atoms with Crippen LogP contribution in [0.3, 0.4) is 0 Å². The summed E-state index contributed by atoms with van der Waals surface area (Å²) >= 11 is 0. The first kappa shape index (κ1) is 11.7. The van der Waals surface area contributed by atoms with Crippen molar-refractivity contribution in [1.82, 2.24) is 0 Å². The highest BCUT2D eigenvalue weighted by molar-refractivity contribution is 5.80. The van der Waals surface area contributed by atoms with Crippen molar-refractivity contribution in [2.75, 3.05) is 0 Å². The summed E-state index contributed by atoms with van der Waals surface area (Å²) in [7, 11) is 0. The molecule has 2 aromatic rings. The van der Waals surface area contributed by atoms with E-state index in [1.807, 2.05) is 0 Å². The van der Waals surface area contributed by atoms with Crippen LogP contribution in [-0.4, -0.2) is 0 Å². The molecular weight excluding hydrogens is 228 g/mol. The van der Waals surface area contributed by atoms with Crippen LogP contribution in [0.25, 0.3) is 5.57 Å². The van der Waals surface area contributed by atoms with Crippen molar-refractivity contribution in [1.29, 1.82) is 0 Å². The molecule has 0 nitrogen and oxygen atoms in total. The van der Waals surface area contributed by atoms with Gasteiger partial charge < -0.3 is 0 Å². The molecule has 0 atom stereocenters. The Morgan fingerprint density at radius 1 is 0.684 bits per heavy atom. The Hall–Kier alpha value is -2.34. The molecule has 1 aliphatic carbocycles. The molecule has 1 aliphatic rings. The lowest BCUT2D eigenvalue weighted by molar-refractivity contribution is 1.09. The first-order chi connectivity index (χ1) is 9.43. The number of allylic oxidation sites excluding steroid dienone is 5. The number of hydrogen-bond acceptors (Lipinski definition) is 0. The predicted molar refractivity (Wildman–Crippen MR) is 81.7 cm³/mol. The zero-order chi connectivity index (χ0) is 12.9. The summed E-state index contributed by atoms with van der Waals surface area (Å²) in [5, 5.41) is 0. The quantitative estimate of drug-likeness (QED) is 0.723. The molecule has 0 heteroatoms. The molecule has 0 bridgehead atoms. The van der Waals surface area contributed by atoms with E-state index in [0.29, 0.717) is 5.92 Å². The van der Waals surface area contributed by atoms with E-state index in [-0.39, 0.29) is 0 Å². The zero-order valence-corrected chi connectivity index (χ0v) is 10.7. The topological polar surface area (TPSA) is 0 Å². The molecule has 0 saturated carbocycles. The Labute approximate surface area is 114 Å². The van der Waals surface area contributed by atoms with Crippen LogP contribution >= 0.6 is 0 Å². The third-order valence-corrected chi connectivity index (χ3v) is 3.31. The van der Waals surface area contributed by atoms with Gasteiger partial charge in [-0.3, -0.25) is 0 Å². The van der Waals surface area contributed by atoms with Gasteiger partial charge >= 0.3 is 0 Å². The lowest BCUT2D eigenvalue weighted by Crippen LogP contribution is -1.91. The maximum Gasteiger partial charge on any atom is 0.0143 e. The highest BCUT2D eigenvalue weighted by atomic mass is 14.1. The molecule has 0 aliphatic heterocycles. The number of benzene rings is 2. The molecule has 0 aromatic heterocycles. The van der Waals surface area contributed by atoms with Crippen LogP contribution in [-0.2, 0) is 0 Å². The first-order valence-corrected chi connectivity index (χ1v) is 6.61. The fourth-order valence-corrected chi connectivity index (χ4v) is 2.35. The largest absolute Gasteiger partial charge is 0.0738 e. The molecular formula is C19H16. The molecule has 0 N–H and O–H groups in total. The van der Waals surface area contributed by atoms with Crippen LogP contribution in [0.15, 0.2) is 91.0 Å². The average Bonchev–Trinajstić information content (AvgIpc) is 3.00. The lowest BCUT2D eigenvalue weighted by Gasteiger charge is -2.10. The van der Waals surface area contributed by atoms with E-state index in [4.69, 9.17) is 0 Å². The van der Waals surface area contributed by atoms with Crippen molar-refractivity contribution in [3.8, 4) is 0 Å². The van der Waals surface area contributed by atoms with Gasteiger partial charge in [-0.15, -0.1) is 0 Å². The van der Waals surface area contributed by atoms with E-state index in [0.717, 1.165) is 0 Å². The molecule has 19 heavy (non-hydrogen) atoms. The molecule has 2 aromatic carbocycles. The van der Waals surface area contributed by atoms with Gasteiger partial charge in [0.05, 0.1) is 0 Å². The second-order valence-electron chi connectivity index (χ2n) is 4.66. The van der Waals surface area contributed by atoms with E-state index in [2.05, 4.69) is 91.0 Å². The van der Waals surface area contributed by atoms with Gasteiger partial charge in [0.1, 0.15) is 0 Å². The first-order valence-electron chi connectivity index (χ1n) is 6.61. The second-order valence-corrected chi connectivity index (χ2v) is 4.66. The van der Waals surface area contributed by atoms with Crippen molar-refractivity contribution in [3.05, 3.63) is 102 Å². The van der Waals surface area contributed by atoms with Crippen LogP contribution < -0.4 is 0 Å². The van der Waals surface area contributed by atoms with E-state index in [1.54, 1.807) is 0 Å². The molecule has 0 unspecified atom stereocenters. The Bertz CT molecular complexity index is 562. The van der Waals surface area contributed by atoms with Crippen LogP contribution in [0.5, 0.6) is 0 Å². The number of hydrogen-bond donors (Lipinski definition) is 0. The summed E-state index contributed by atoms with van der Waals surface area (Å²) in [6.45, 7) is 0. The number of rotatable bonds is 3. The highest BCUT2D eigenvalue weighted by Crippen LogP contribution is 2.26. The normalized spacial score (nSPS) is 13.7. The van der Waals surface area contributed by atoms with E-state index >= 15 is 0 Å². The van der Waals surface area contributed by atoms with Crippen LogP contribution in [0.4, 0.5) is 0 Å². The van der Waals surface area contributed by atoms with Crippen LogP contribution in [0, 0.1) is 5.92 Å². The van der Waals surface area contributed by atoms with E-state index < -0.39 is 0 Å². The average molecular weight is 244 g/mol. The van der Waals surface area contributed by atoms with Crippen molar-refractivity contribution >= 4 is 5.57 Å². The lowest BCUT2D eigenvalue weighted by atomic mass is 9.94. The Kier molecular flexibility index (Phi) is 3.42. The Morgan fingerprint density at radius 2 is 1.16 bits per heavy atom. The maximum atomic E-state index is 2.32. The predicted octanol–water partition coefficient (Wildman–Crippen LogP) is 4.86. The second kappa shape index (κ2) is 5.53. The molecule has 92 valence electrons. The van der Waals surface area contributed by atoms with E-state index in [9.17, 15) is 0 Å². The molecule has 0 spiro atoms. The van der Waals surface area contributed by atoms with Crippen LogP contribution in [0.2, 0.25) is 0 Å². The summed E-state index contributed by atoms with van der Waals surface area (Å²) in [6.07, 6.45) is 11.0. The standard InChI is InChI=1S/C19H16/c1-3-11-17(12-4-1)19(15-16-9-7-8-10-16)18-13-5-2-6-14-18/h1-16H. The minimum atomic E-state index is 0.399. The summed E-state index contributed by atoms with van der Waals surface area (Å²) < 4.78 is 0.